The van der Waals surface area contributed by atoms with Gasteiger partial charge in [-0.3, -0.25) is 0 Å². The first-order valence-electron chi connectivity index (χ1n) is 6.25. The lowest BCUT2D eigenvalue weighted by molar-refractivity contribution is 0.573. The highest BCUT2D eigenvalue weighted by atomic mass is 15.0. The topological polar surface area (TPSA) is 24.9 Å². The van der Waals surface area contributed by atoms with Crippen LogP contribution in [0.3, 0.4) is 0 Å². The smallest absolute Gasteiger partial charge is 0.126 e. The SMILES string of the molecule is CC1(C)CC1CNc1ccc2ccccc2n1. The van der Waals surface area contributed by atoms with E-state index in [1.165, 1.54) is 11.8 Å². The van der Waals surface area contributed by atoms with E-state index in [9.17, 15) is 0 Å². The molecule has 1 heterocycles. The molecule has 1 saturated carbocycles. The van der Waals surface area contributed by atoms with E-state index in [1.807, 2.05) is 12.1 Å². The second-order valence-corrected chi connectivity index (χ2v) is 5.66. The highest BCUT2D eigenvalue weighted by Gasteiger charge is 2.44. The van der Waals surface area contributed by atoms with Crippen molar-refractivity contribution in [3.05, 3.63) is 36.4 Å². The van der Waals surface area contributed by atoms with E-state index < -0.39 is 0 Å². The standard InChI is InChI=1S/C15H18N2/c1-15(2)9-12(15)10-16-14-8-7-11-5-3-4-6-13(11)17-14/h3-8,12H,9-10H2,1-2H3,(H,16,17). The fraction of sp³-hybridized carbons (Fsp3) is 0.400. The molecule has 0 aliphatic heterocycles. The van der Waals surface area contributed by atoms with E-state index in [0.29, 0.717) is 5.41 Å². The molecule has 1 aromatic heterocycles. The van der Waals surface area contributed by atoms with Crippen molar-refractivity contribution in [2.24, 2.45) is 11.3 Å². The first kappa shape index (κ1) is 10.6. The molecule has 2 aromatic rings. The quantitative estimate of drug-likeness (QED) is 0.863. The minimum absolute atomic E-state index is 0.532. The Bertz CT molecular complexity index is 545. The van der Waals surface area contributed by atoms with E-state index in [1.54, 1.807) is 0 Å². The zero-order valence-electron chi connectivity index (χ0n) is 10.4. The lowest BCUT2D eigenvalue weighted by atomic mass is 10.1. The molecule has 1 aromatic carbocycles. The molecule has 1 unspecified atom stereocenters. The predicted octanol–water partition coefficient (Wildman–Crippen LogP) is 3.69. The Hall–Kier alpha value is -1.57. The molecule has 2 nitrogen and oxygen atoms in total. The molecule has 1 atom stereocenters. The van der Waals surface area contributed by atoms with Crippen molar-refractivity contribution in [1.82, 2.24) is 4.98 Å². The number of benzene rings is 1. The van der Waals surface area contributed by atoms with Gasteiger partial charge in [-0.25, -0.2) is 4.98 Å². The third-order valence-electron chi connectivity index (χ3n) is 3.85. The first-order chi connectivity index (χ1) is 8.15. The number of para-hydroxylation sites is 1. The maximum atomic E-state index is 4.61. The van der Waals surface area contributed by atoms with Gasteiger partial charge in [0.25, 0.3) is 0 Å². The number of rotatable bonds is 3. The summed E-state index contributed by atoms with van der Waals surface area (Å²) in [6.07, 6.45) is 1.33. The first-order valence-corrected chi connectivity index (χ1v) is 6.25. The van der Waals surface area contributed by atoms with Crippen molar-refractivity contribution in [1.29, 1.82) is 0 Å². The number of hydrogen-bond acceptors (Lipinski definition) is 2. The molecule has 0 radical (unpaired) electrons. The molecule has 1 fully saturated rings. The Morgan fingerprint density at radius 1 is 1.24 bits per heavy atom. The number of aromatic nitrogens is 1. The van der Waals surface area contributed by atoms with Crippen molar-refractivity contribution in [2.75, 3.05) is 11.9 Å². The van der Waals surface area contributed by atoms with Crippen LogP contribution in [-0.2, 0) is 0 Å². The zero-order valence-corrected chi connectivity index (χ0v) is 10.4. The van der Waals surface area contributed by atoms with Gasteiger partial charge in [-0.15, -0.1) is 0 Å². The van der Waals surface area contributed by atoms with E-state index in [2.05, 4.69) is 48.4 Å². The van der Waals surface area contributed by atoms with Crippen molar-refractivity contribution >= 4 is 16.7 Å². The van der Waals surface area contributed by atoms with Crippen LogP contribution in [0.15, 0.2) is 36.4 Å². The largest absolute Gasteiger partial charge is 0.370 e. The van der Waals surface area contributed by atoms with Crippen LogP contribution in [0.1, 0.15) is 20.3 Å². The van der Waals surface area contributed by atoms with Crippen LogP contribution in [0, 0.1) is 11.3 Å². The van der Waals surface area contributed by atoms with Crippen LogP contribution in [0.4, 0.5) is 5.82 Å². The number of nitrogens with one attached hydrogen (secondary N) is 1. The number of pyridine rings is 1. The van der Waals surface area contributed by atoms with Crippen molar-refractivity contribution in [2.45, 2.75) is 20.3 Å². The van der Waals surface area contributed by atoms with E-state index in [-0.39, 0.29) is 0 Å². The van der Waals surface area contributed by atoms with Crippen molar-refractivity contribution in [3.63, 3.8) is 0 Å². The molecule has 0 bridgehead atoms. The van der Waals surface area contributed by atoms with Crippen LogP contribution in [0.25, 0.3) is 10.9 Å². The zero-order chi connectivity index (χ0) is 11.9. The molecule has 88 valence electrons. The number of nitrogens with zero attached hydrogens (tertiary/aromatic N) is 1. The maximum absolute atomic E-state index is 4.61. The van der Waals surface area contributed by atoms with Gasteiger partial charge < -0.3 is 5.32 Å². The third kappa shape index (κ3) is 2.12. The normalized spacial score (nSPS) is 21.4. The van der Waals surface area contributed by atoms with Crippen molar-refractivity contribution in [3.8, 4) is 0 Å². The van der Waals surface area contributed by atoms with Gasteiger partial charge in [0.1, 0.15) is 5.82 Å². The van der Waals surface area contributed by atoms with Gasteiger partial charge in [0.15, 0.2) is 0 Å². The van der Waals surface area contributed by atoms with Gasteiger partial charge in [-0.05, 0) is 36.0 Å². The third-order valence-corrected chi connectivity index (χ3v) is 3.85. The summed E-state index contributed by atoms with van der Waals surface area (Å²) in [5, 5.41) is 4.64. The molecule has 1 aliphatic rings. The maximum Gasteiger partial charge on any atom is 0.126 e. The lowest BCUT2D eigenvalue weighted by Gasteiger charge is -2.07. The molecule has 3 rings (SSSR count). The van der Waals surface area contributed by atoms with Crippen LogP contribution < -0.4 is 5.32 Å². The summed E-state index contributed by atoms with van der Waals surface area (Å²) in [6, 6.07) is 12.4. The molecular formula is C15H18N2. The minimum atomic E-state index is 0.532. The summed E-state index contributed by atoms with van der Waals surface area (Å²) < 4.78 is 0. The van der Waals surface area contributed by atoms with Gasteiger partial charge >= 0.3 is 0 Å². The second kappa shape index (κ2) is 3.73. The van der Waals surface area contributed by atoms with Gasteiger partial charge in [0, 0.05) is 11.9 Å². The van der Waals surface area contributed by atoms with Crippen LogP contribution >= 0.6 is 0 Å². The fourth-order valence-electron chi connectivity index (χ4n) is 2.32. The van der Waals surface area contributed by atoms with Gasteiger partial charge in [0.2, 0.25) is 0 Å². The van der Waals surface area contributed by atoms with E-state index in [4.69, 9.17) is 0 Å². The van der Waals surface area contributed by atoms with Gasteiger partial charge in [-0.1, -0.05) is 32.0 Å². The second-order valence-electron chi connectivity index (χ2n) is 5.66. The van der Waals surface area contributed by atoms with Crippen LogP contribution in [-0.4, -0.2) is 11.5 Å². The molecular weight excluding hydrogens is 208 g/mol. The molecule has 1 N–H and O–H groups in total. The Balaban J connectivity index is 1.73. The monoisotopic (exact) mass is 226 g/mol. The molecule has 1 aliphatic carbocycles. The van der Waals surface area contributed by atoms with E-state index in [0.717, 1.165) is 23.8 Å². The molecule has 17 heavy (non-hydrogen) atoms. The van der Waals surface area contributed by atoms with Crippen LogP contribution in [0.5, 0.6) is 0 Å². The van der Waals surface area contributed by atoms with E-state index >= 15 is 0 Å². The predicted molar refractivity (Wildman–Crippen MR) is 72.1 cm³/mol. The highest BCUT2D eigenvalue weighted by molar-refractivity contribution is 5.80. The summed E-state index contributed by atoms with van der Waals surface area (Å²) in [7, 11) is 0. The molecule has 0 spiro atoms. The van der Waals surface area contributed by atoms with Crippen molar-refractivity contribution < 1.29 is 0 Å². The summed E-state index contributed by atoms with van der Waals surface area (Å²) in [4.78, 5) is 4.61. The number of fused-ring (bicyclic) bond motifs is 1. The Labute approximate surface area is 102 Å². The molecule has 0 saturated heterocycles. The summed E-state index contributed by atoms with van der Waals surface area (Å²) in [5.74, 6) is 1.79. The van der Waals surface area contributed by atoms with Crippen LogP contribution in [0.2, 0.25) is 0 Å². The molecule has 2 heteroatoms. The average Bonchev–Trinajstić information content (AvgIpc) is 2.94. The Morgan fingerprint density at radius 2 is 2.00 bits per heavy atom. The summed E-state index contributed by atoms with van der Waals surface area (Å²) in [6.45, 7) is 5.69. The summed E-state index contributed by atoms with van der Waals surface area (Å²) in [5.41, 5.74) is 1.59. The molecule has 0 amide bonds. The fourth-order valence-corrected chi connectivity index (χ4v) is 2.32. The van der Waals surface area contributed by atoms with Gasteiger partial charge in [-0.2, -0.15) is 0 Å². The highest BCUT2D eigenvalue weighted by Crippen LogP contribution is 2.51. The van der Waals surface area contributed by atoms with Gasteiger partial charge in [0.05, 0.1) is 5.52 Å². The Kier molecular flexibility index (Phi) is 2.32. The number of anilines is 1. The Morgan fingerprint density at radius 3 is 2.76 bits per heavy atom. The summed E-state index contributed by atoms with van der Waals surface area (Å²) >= 11 is 0. The average molecular weight is 226 g/mol. The number of hydrogen-bond donors (Lipinski definition) is 1. The lowest BCUT2D eigenvalue weighted by Crippen LogP contribution is -2.08. The minimum Gasteiger partial charge on any atom is -0.370 e.